The fourth-order valence-electron chi connectivity index (χ4n) is 5.27. The van der Waals surface area contributed by atoms with Crippen LogP contribution in [0.1, 0.15) is 76.8 Å². The van der Waals surface area contributed by atoms with Crippen LogP contribution >= 0.6 is 27.7 Å². The van der Waals surface area contributed by atoms with Gasteiger partial charge in [-0.1, -0.05) is 86.8 Å². The lowest BCUT2D eigenvalue weighted by molar-refractivity contribution is -0.119. The molecule has 0 unspecified atom stereocenters. The molecule has 1 N–H and O–H groups in total. The highest BCUT2D eigenvalue weighted by Crippen LogP contribution is 2.35. The van der Waals surface area contributed by atoms with Crippen molar-refractivity contribution in [2.24, 2.45) is 0 Å². The maximum absolute atomic E-state index is 14.0. The summed E-state index contributed by atoms with van der Waals surface area (Å²) in [7, 11) is 0. The van der Waals surface area contributed by atoms with Gasteiger partial charge in [0.15, 0.2) is 5.16 Å². The number of aromatic nitrogens is 2. The first-order chi connectivity index (χ1) is 20.3. The van der Waals surface area contributed by atoms with Crippen LogP contribution in [0.25, 0.3) is 28.3 Å². The maximum atomic E-state index is 14.0. The van der Waals surface area contributed by atoms with Gasteiger partial charge in [-0.15, -0.1) is 0 Å². The molecule has 8 heteroatoms. The number of nitrogens with one attached hydrogen (secondary N) is 1. The van der Waals surface area contributed by atoms with E-state index in [1.54, 1.807) is 10.8 Å². The molecule has 1 amide bonds. The third-order valence-corrected chi connectivity index (χ3v) is 8.87. The molecule has 0 bridgehead atoms. The molecule has 1 aliphatic carbocycles. The van der Waals surface area contributed by atoms with E-state index in [9.17, 15) is 9.59 Å². The second-order valence-electron chi connectivity index (χ2n) is 10.6. The molecule has 0 saturated heterocycles. The van der Waals surface area contributed by atoms with Crippen molar-refractivity contribution in [3.8, 4) is 28.3 Å². The average Bonchev–Trinajstić information content (AvgIpc) is 3.55. The highest BCUT2D eigenvalue weighted by Gasteiger charge is 2.22. The van der Waals surface area contributed by atoms with E-state index in [0.717, 1.165) is 52.6 Å². The number of hydrogen-bond acceptors (Lipinski definition) is 5. The quantitative estimate of drug-likeness (QED) is 0.152. The summed E-state index contributed by atoms with van der Waals surface area (Å²) >= 11 is 4.78. The van der Waals surface area contributed by atoms with Gasteiger partial charge in [0.25, 0.3) is 5.56 Å². The van der Waals surface area contributed by atoms with Crippen molar-refractivity contribution in [3.05, 3.63) is 86.8 Å². The third kappa shape index (κ3) is 7.45. The third-order valence-electron chi connectivity index (χ3n) is 7.40. The minimum Gasteiger partial charge on any atom is -0.464 e. The summed E-state index contributed by atoms with van der Waals surface area (Å²) in [5.41, 5.74) is 4.65. The van der Waals surface area contributed by atoms with Crippen LogP contribution in [0, 0.1) is 6.92 Å². The number of nitrogens with zero attached hydrogens (tertiary/aromatic N) is 2. The number of carbonyl (C=O) groups is 1. The van der Waals surface area contributed by atoms with Gasteiger partial charge >= 0.3 is 0 Å². The van der Waals surface area contributed by atoms with E-state index in [-0.39, 0.29) is 29.2 Å². The molecule has 1 saturated carbocycles. The van der Waals surface area contributed by atoms with Crippen LogP contribution in [0.5, 0.6) is 0 Å². The second-order valence-corrected chi connectivity index (χ2v) is 12.5. The molecule has 1 aliphatic rings. The van der Waals surface area contributed by atoms with Gasteiger partial charge in [0, 0.05) is 27.2 Å². The second kappa shape index (κ2) is 14.9. The molecule has 5 rings (SSSR count). The first kappa shape index (κ1) is 31.8. The Hall–Kier alpha value is -3.10. The lowest BCUT2D eigenvalue weighted by Crippen LogP contribution is -2.37. The van der Waals surface area contributed by atoms with E-state index < -0.39 is 0 Å². The monoisotopic (exact) mass is 649 g/mol. The van der Waals surface area contributed by atoms with E-state index >= 15 is 0 Å². The van der Waals surface area contributed by atoms with Gasteiger partial charge < -0.3 is 9.73 Å². The smallest absolute Gasteiger partial charge is 0.262 e. The molecule has 1 fully saturated rings. The molecule has 0 radical (unpaired) electrons. The van der Waals surface area contributed by atoms with Crippen molar-refractivity contribution in [3.63, 3.8) is 0 Å². The van der Waals surface area contributed by atoms with Crippen molar-refractivity contribution in [2.75, 3.05) is 5.75 Å². The Kier molecular flexibility index (Phi) is 11.3. The van der Waals surface area contributed by atoms with Gasteiger partial charge in [-0.25, -0.2) is 4.98 Å². The van der Waals surface area contributed by atoms with Crippen LogP contribution in [0.2, 0.25) is 0 Å². The lowest BCUT2D eigenvalue weighted by atomic mass is 9.91. The van der Waals surface area contributed by atoms with Gasteiger partial charge in [0.2, 0.25) is 5.91 Å². The molecular formula is C34H40BrN3O3S. The molecule has 0 spiro atoms. The van der Waals surface area contributed by atoms with E-state index in [2.05, 4.69) is 47.2 Å². The largest absolute Gasteiger partial charge is 0.464 e. The summed E-state index contributed by atoms with van der Waals surface area (Å²) in [6.07, 6.45) is 7.24. The normalized spacial score (nSPS) is 13.5. The van der Waals surface area contributed by atoms with Crippen molar-refractivity contribution in [1.29, 1.82) is 0 Å². The Morgan fingerprint density at radius 3 is 2.45 bits per heavy atom. The van der Waals surface area contributed by atoms with Gasteiger partial charge in [-0.2, -0.15) is 0 Å². The lowest BCUT2D eigenvalue weighted by Gasteiger charge is -2.23. The van der Waals surface area contributed by atoms with E-state index in [0.29, 0.717) is 22.1 Å². The van der Waals surface area contributed by atoms with Crippen molar-refractivity contribution in [1.82, 2.24) is 14.9 Å². The topological polar surface area (TPSA) is 77.1 Å². The summed E-state index contributed by atoms with van der Waals surface area (Å²) in [6, 6.07) is 17.8. The Morgan fingerprint density at radius 1 is 1.10 bits per heavy atom. The summed E-state index contributed by atoms with van der Waals surface area (Å²) < 4.78 is 8.20. The molecule has 4 aromatic rings. The van der Waals surface area contributed by atoms with Crippen molar-refractivity contribution in [2.45, 2.75) is 83.8 Å². The van der Waals surface area contributed by atoms with Crippen LogP contribution in [0.3, 0.4) is 0 Å². The summed E-state index contributed by atoms with van der Waals surface area (Å²) in [5.74, 6) is 1.13. The van der Waals surface area contributed by atoms with Crippen LogP contribution < -0.4 is 10.9 Å². The highest BCUT2D eigenvalue weighted by atomic mass is 79.9. The first-order valence-electron chi connectivity index (χ1n) is 14.8. The molecule has 0 aliphatic heterocycles. The fourth-order valence-corrected chi connectivity index (χ4v) is 6.35. The van der Waals surface area contributed by atoms with Crippen LogP contribution in [-0.4, -0.2) is 27.3 Å². The molecule has 42 heavy (non-hydrogen) atoms. The van der Waals surface area contributed by atoms with Crippen molar-refractivity contribution < 1.29 is 9.21 Å². The number of rotatable bonds is 8. The van der Waals surface area contributed by atoms with Crippen LogP contribution in [0.4, 0.5) is 0 Å². The minimum atomic E-state index is -0.152. The zero-order valence-electron chi connectivity index (χ0n) is 25.1. The summed E-state index contributed by atoms with van der Waals surface area (Å²) in [5, 5.41) is 3.67. The van der Waals surface area contributed by atoms with Crippen LogP contribution in [-0.2, 0) is 4.79 Å². The molecule has 6 nitrogen and oxygen atoms in total. The Bertz CT molecular complexity index is 1540. The molecule has 222 valence electrons. The molecular weight excluding hydrogens is 610 g/mol. The van der Waals surface area contributed by atoms with Gasteiger partial charge in [0.1, 0.15) is 5.76 Å². The number of thioether (sulfide) groups is 1. The fraction of sp³-hybridized carbons (Fsp3) is 0.382. The van der Waals surface area contributed by atoms with Gasteiger partial charge in [-0.05, 0) is 73.7 Å². The van der Waals surface area contributed by atoms with Gasteiger partial charge in [0.05, 0.1) is 23.4 Å². The van der Waals surface area contributed by atoms with E-state index in [4.69, 9.17) is 9.40 Å². The Balaban J connectivity index is 0.00000198. The van der Waals surface area contributed by atoms with Crippen LogP contribution in [0.15, 0.2) is 79.7 Å². The number of benzene rings is 2. The average molecular weight is 651 g/mol. The van der Waals surface area contributed by atoms with E-state index in [1.807, 2.05) is 63.2 Å². The SMILES string of the molecule is CC.Cc1c(-c2cc(-c3ccco3)ccc2C(C)C)nc(SCC(=O)NC2CCCCC2)n(-c2ccc(Br)cc2)c1=O. The van der Waals surface area contributed by atoms with Gasteiger partial charge in [-0.3, -0.25) is 14.2 Å². The maximum Gasteiger partial charge on any atom is 0.262 e. The number of amides is 1. The molecule has 2 heterocycles. The standard InChI is InChI=1S/C32H34BrN3O3S.C2H6/c1-20(2)26-16-11-22(28-10-7-17-39-28)18-27(26)30-21(3)31(38)36(25-14-12-23(33)13-15-25)32(35-30)40-19-29(37)34-24-8-5-4-6-9-24;1-2/h7,10-18,20,24H,4-6,8-9,19H2,1-3H3,(H,34,37);1-2H3. The molecule has 2 aromatic heterocycles. The number of furan rings is 1. The minimum absolute atomic E-state index is 0.0293. The number of halogens is 1. The zero-order chi connectivity index (χ0) is 30.2. The van der Waals surface area contributed by atoms with E-state index in [1.165, 1.54) is 18.2 Å². The predicted molar refractivity (Wildman–Crippen MR) is 177 cm³/mol. The Labute approximate surface area is 261 Å². The number of hydrogen-bond donors (Lipinski definition) is 1. The summed E-state index contributed by atoms with van der Waals surface area (Å²) in [6.45, 7) is 10.1. The highest BCUT2D eigenvalue weighted by molar-refractivity contribution is 9.10. The molecule has 2 aromatic carbocycles. The Morgan fingerprint density at radius 2 is 1.81 bits per heavy atom. The zero-order valence-corrected chi connectivity index (χ0v) is 27.5. The predicted octanol–water partition coefficient (Wildman–Crippen LogP) is 8.92. The summed E-state index contributed by atoms with van der Waals surface area (Å²) in [4.78, 5) is 32.0. The molecule has 0 atom stereocenters. The van der Waals surface area contributed by atoms with Crippen molar-refractivity contribution >= 4 is 33.6 Å². The first-order valence-corrected chi connectivity index (χ1v) is 16.6. The number of carbonyl (C=O) groups excluding carboxylic acids is 1.